The van der Waals surface area contributed by atoms with E-state index in [2.05, 4.69) is 5.32 Å². The number of aliphatic carboxylic acids is 1. The molecule has 0 saturated carbocycles. The molecule has 26 heavy (non-hydrogen) atoms. The lowest BCUT2D eigenvalue weighted by atomic mass is 10.0. The molecule has 0 aromatic heterocycles. The second-order valence-electron chi connectivity index (χ2n) is 5.49. The Balaban J connectivity index is 3.10. The van der Waals surface area contributed by atoms with Crippen LogP contribution in [0.3, 0.4) is 0 Å². The number of aliphatic hydroxyl groups is 5. The molecule has 7 unspecified atom stereocenters. The van der Waals surface area contributed by atoms with Crippen molar-refractivity contribution in [1.29, 1.82) is 0 Å². The van der Waals surface area contributed by atoms with Crippen LogP contribution in [0.1, 0.15) is 6.92 Å². The fourth-order valence-corrected chi connectivity index (χ4v) is 2.16. The molecule has 7 atom stereocenters. The third-order valence-electron chi connectivity index (χ3n) is 3.47. The van der Waals surface area contributed by atoms with Crippen LogP contribution >= 0.6 is 0 Å². The van der Waals surface area contributed by atoms with Crippen LogP contribution < -0.4 is 10.4 Å². The average Bonchev–Trinajstić information content (AvgIpc) is 2.59. The van der Waals surface area contributed by atoms with E-state index in [1.54, 1.807) is 0 Å². The van der Waals surface area contributed by atoms with Gasteiger partial charge in [-0.15, -0.1) is 0 Å². The second kappa shape index (κ2) is 9.56. The number of amides is 1. The molecule has 1 aliphatic heterocycles. The minimum Gasteiger partial charge on any atom is -0.542 e. The number of rotatable bonds is 9. The summed E-state index contributed by atoms with van der Waals surface area (Å²) in [4.78, 5) is 33.3. The van der Waals surface area contributed by atoms with Crippen molar-refractivity contribution >= 4 is 18.2 Å². The predicted octanol–water partition coefficient (Wildman–Crippen LogP) is -5.50. The summed E-state index contributed by atoms with van der Waals surface area (Å²) in [7, 11) is 0. The molecule has 1 rings (SSSR count). The number of nitrogens with one attached hydrogen (secondary N) is 1. The fraction of sp³-hybridized carbons (Fsp3) is 0.643. The largest absolute Gasteiger partial charge is 0.542 e. The number of carboxylic acids is 1. The monoisotopic (exact) mass is 378 g/mol. The van der Waals surface area contributed by atoms with Crippen molar-refractivity contribution in [2.45, 2.75) is 49.8 Å². The van der Waals surface area contributed by atoms with Crippen molar-refractivity contribution in [1.82, 2.24) is 5.32 Å². The molecule has 0 bridgehead atoms. The normalized spacial score (nSPS) is 27.3. The van der Waals surface area contributed by atoms with Gasteiger partial charge in [-0.25, -0.2) is 0 Å². The third kappa shape index (κ3) is 5.45. The summed E-state index contributed by atoms with van der Waals surface area (Å²) >= 11 is 0. The number of carbonyl (C=O) groups is 3. The van der Waals surface area contributed by atoms with Crippen LogP contribution in [0.2, 0.25) is 0 Å². The first-order valence-corrected chi connectivity index (χ1v) is 7.43. The number of hydrogen-bond donors (Lipinski definition) is 6. The van der Waals surface area contributed by atoms with Gasteiger partial charge in [-0.3, -0.25) is 4.79 Å². The maximum atomic E-state index is 11.2. The van der Waals surface area contributed by atoms with E-state index >= 15 is 0 Å². The first kappa shape index (κ1) is 22.0. The Morgan fingerprint density at radius 1 is 1.42 bits per heavy atom. The van der Waals surface area contributed by atoms with Crippen LogP contribution in [0.25, 0.3) is 0 Å². The molecule has 12 heteroatoms. The Morgan fingerprint density at radius 3 is 2.50 bits per heavy atom. The highest BCUT2D eigenvalue weighted by Crippen LogP contribution is 2.22. The fourth-order valence-electron chi connectivity index (χ4n) is 2.16. The Hall–Kier alpha value is -2.09. The van der Waals surface area contributed by atoms with Gasteiger partial charge in [0, 0.05) is 6.92 Å². The van der Waals surface area contributed by atoms with Crippen molar-refractivity contribution in [3.05, 3.63) is 11.8 Å². The van der Waals surface area contributed by atoms with Crippen molar-refractivity contribution in [2.75, 3.05) is 6.61 Å². The molecule has 0 saturated heterocycles. The van der Waals surface area contributed by atoms with Crippen LogP contribution in [0.5, 0.6) is 0 Å². The number of carbonyl (C=O) groups excluding carboxylic acids is 3. The zero-order chi connectivity index (χ0) is 20.0. The maximum Gasteiger partial charge on any atom is 0.229 e. The highest BCUT2D eigenvalue weighted by molar-refractivity contribution is 5.82. The first-order chi connectivity index (χ1) is 12.1. The Morgan fingerprint density at radius 2 is 2.04 bits per heavy atom. The molecule has 0 spiro atoms. The van der Waals surface area contributed by atoms with Gasteiger partial charge in [-0.2, -0.15) is 0 Å². The summed E-state index contributed by atoms with van der Waals surface area (Å²) in [5.41, 5.74) is 0. The van der Waals surface area contributed by atoms with Gasteiger partial charge in [0.1, 0.15) is 54.6 Å². The van der Waals surface area contributed by atoms with E-state index in [0.717, 1.165) is 6.92 Å². The maximum absolute atomic E-state index is 11.2. The number of aldehydes is 1. The topological polar surface area (TPSA) is 206 Å². The standard InChI is InChI=1S/C14H21NO11/c1-5(18)15-6(3-16)12(10(21)8(20)4-17)26-14-11(22)7(19)2-9(25-14)13(23)24/h2-3,6-8,10-12,14,17,19-22H,4H2,1H3,(H,15,18)(H,23,24)/p-1. The van der Waals surface area contributed by atoms with Gasteiger partial charge in [0.25, 0.3) is 0 Å². The van der Waals surface area contributed by atoms with Gasteiger partial charge in [-0.05, 0) is 6.08 Å². The molecule has 0 aromatic rings. The van der Waals surface area contributed by atoms with Crippen molar-refractivity contribution in [2.24, 2.45) is 0 Å². The molecular formula is C14H20NO11-. The molecule has 0 radical (unpaired) electrons. The Kier molecular flexibility index (Phi) is 8.08. The van der Waals surface area contributed by atoms with Crippen LogP contribution in [-0.4, -0.2) is 93.2 Å². The summed E-state index contributed by atoms with van der Waals surface area (Å²) < 4.78 is 9.97. The molecule has 6 N–H and O–H groups in total. The summed E-state index contributed by atoms with van der Waals surface area (Å²) in [6, 6.07) is -1.56. The van der Waals surface area contributed by atoms with Crippen LogP contribution in [0, 0.1) is 0 Å². The molecule has 0 fully saturated rings. The molecule has 0 aromatic carbocycles. The minimum atomic E-state index is -1.95. The van der Waals surface area contributed by atoms with E-state index in [-0.39, 0.29) is 6.29 Å². The van der Waals surface area contributed by atoms with Crippen LogP contribution in [0.15, 0.2) is 11.8 Å². The van der Waals surface area contributed by atoms with Gasteiger partial charge in [0.05, 0.1) is 6.61 Å². The summed E-state index contributed by atoms with van der Waals surface area (Å²) in [5, 5.41) is 61.1. The third-order valence-corrected chi connectivity index (χ3v) is 3.47. The number of aliphatic hydroxyl groups excluding tert-OH is 5. The van der Waals surface area contributed by atoms with Crippen molar-refractivity contribution < 1.29 is 54.5 Å². The van der Waals surface area contributed by atoms with E-state index in [0.29, 0.717) is 6.08 Å². The van der Waals surface area contributed by atoms with E-state index in [1.165, 1.54) is 0 Å². The second-order valence-corrected chi connectivity index (χ2v) is 5.49. The van der Waals surface area contributed by atoms with E-state index in [9.17, 15) is 39.9 Å². The zero-order valence-corrected chi connectivity index (χ0v) is 13.6. The van der Waals surface area contributed by atoms with Gasteiger partial charge in [0.15, 0.2) is 0 Å². The first-order valence-electron chi connectivity index (χ1n) is 7.43. The van der Waals surface area contributed by atoms with E-state index < -0.39 is 67.1 Å². The van der Waals surface area contributed by atoms with Crippen molar-refractivity contribution in [3.8, 4) is 0 Å². The zero-order valence-electron chi connectivity index (χ0n) is 13.6. The highest BCUT2D eigenvalue weighted by Gasteiger charge is 2.41. The van der Waals surface area contributed by atoms with Crippen LogP contribution in [0.4, 0.5) is 0 Å². The van der Waals surface area contributed by atoms with Crippen LogP contribution in [-0.2, 0) is 23.9 Å². The summed E-state index contributed by atoms with van der Waals surface area (Å²) in [6.07, 6.45) is -10.2. The Labute approximate surface area is 147 Å². The van der Waals surface area contributed by atoms with Gasteiger partial charge in [-0.1, -0.05) is 0 Å². The number of hydrogen-bond acceptors (Lipinski definition) is 11. The SMILES string of the molecule is CC(=O)NC(C=O)C(OC1OC(C(=O)[O-])=CC(O)C1O)C(O)C(O)CO. The lowest BCUT2D eigenvalue weighted by Crippen LogP contribution is -2.58. The molecule has 1 amide bonds. The Bertz CT molecular complexity index is 551. The van der Waals surface area contributed by atoms with Gasteiger partial charge < -0.3 is 55.0 Å². The summed E-state index contributed by atoms with van der Waals surface area (Å²) in [6.45, 7) is 0.114. The van der Waals surface area contributed by atoms with Crippen molar-refractivity contribution in [3.63, 3.8) is 0 Å². The molecule has 0 aliphatic carbocycles. The molecular weight excluding hydrogens is 358 g/mol. The lowest BCUT2D eigenvalue weighted by molar-refractivity contribution is -0.311. The van der Waals surface area contributed by atoms with Gasteiger partial charge >= 0.3 is 0 Å². The van der Waals surface area contributed by atoms with E-state index in [4.69, 9.17) is 14.6 Å². The summed E-state index contributed by atoms with van der Waals surface area (Å²) in [5.74, 6) is -3.40. The van der Waals surface area contributed by atoms with Gasteiger partial charge in [0.2, 0.25) is 12.2 Å². The smallest absolute Gasteiger partial charge is 0.229 e. The number of carboxylic acid groups (broad SMARTS) is 1. The highest BCUT2D eigenvalue weighted by atomic mass is 16.7. The quantitative estimate of drug-likeness (QED) is 0.209. The molecule has 1 aliphatic rings. The molecule has 148 valence electrons. The van der Waals surface area contributed by atoms with E-state index in [1.807, 2.05) is 0 Å². The molecule has 1 heterocycles. The predicted molar refractivity (Wildman–Crippen MR) is 77.6 cm³/mol. The molecule has 12 nitrogen and oxygen atoms in total. The number of ether oxygens (including phenoxy) is 2. The average molecular weight is 378 g/mol. The minimum absolute atomic E-state index is 0.153. The lowest BCUT2D eigenvalue weighted by Gasteiger charge is -2.37.